The average Bonchev–Trinajstić information content (AvgIpc) is 3.08. The molecule has 6 heteroatoms. The summed E-state index contributed by atoms with van der Waals surface area (Å²) in [6.07, 6.45) is 5.26. The number of aromatic nitrogens is 3. The molecule has 0 radical (unpaired) electrons. The standard InChI is InChI=1S/C19H22N4O2/c24-19-10-16(21-13-22-19)3-4-17-12-23(7-8-25-17)11-14-1-2-15-5-6-20-18(15)9-14/h1-2,5-6,9-10,13,17,20H,3-4,7-8,11-12H2,(H,21,22,24). The van der Waals surface area contributed by atoms with E-state index >= 15 is 0 Å². The van der Waals surface area contributed by atoms with Gasteiger partial charge in [-0.15, -0.1) is 0 Å². The number of morpholine rings is 1. The SMILES string of the molecule is O=c1cc(CCC2CN(Cc3ccc4cc[nH]c4c3)CCO2)nc[nH]1. The Morgan fingerprint density at radius 1 is 1.24 bits per heavy atom. The van der Waals surface area contributed by atoms with Gasteiger partial charge in [-0.25, -0.2) is 4.98 Å². The highest BCUT2D eigenvalue weighted by atomic mass is 16.5. The molecular weight excluding hydrogens is 316 g/mol. The Hall–Kier alpha value is -2.44. The fraction of sp³-hybridized carbons (Fsp3) is 0.368. The molecule has 2 N–H and O–H groups in total. The Morgan fingerprint density at radius 3 is 3.12 bits per heavy atom. The summed E-state index contributed by atoms with van der Waals surface area (Å²) in [5, 5.41) is 1.24. The number of benzene rings is 1. The molecule has 4 rings (SSSR count). The van der Waals surface area contributed by atoms with Crippen LogP contribution < -0.4 is 5.56 Å². The largest absolute Gasteiger partial charge is 0.376 e. The zero-order chi connectivity index (χ0) is 17.1. The number of hydrogen-bond acceptors (Lipinski definition) is 4. The third-order valence-corrected chi connectivity index (χ3v) is 4.71. The van der Waals surface area contributed by atoms with Crippen LogP contribution in [0.15, 0.2) is 47.7 Å². The molecule has 25 heavy (non-hydrogen) atoms. The quantitative estimate of drug-likeness (QED) is 0.747. The Bertz CT molecular complexity index is 901. The van der Waals surface area contributed by atoms with E-state index in [1.54, 1.807) is 6.07 Å². The van der Waals surface area contributed by atoms with Crippen molar-refractivity contribution in [2.24, 2.45) is 0 Å². The summed E-state index contributed by atoms with van der Waals surface area (Å²) in [4.78, 5) is 23.8. The van der Waals surface area contributed by atoms with Crippen LogP contribution in [0, 0.1) is 0 Å². The Labute approximate surface area is 145 Å². The first kappa shape index (κ1) is 16.1. The molecular formula is C19H22N4O2. The zero-order valence-corrected chi connectivity index (χ0v) is 14.1. The van der Waals surface area contributed by atoms with Gasteiger partial charge in [0.15, 0.2) is 0 Å². The minimum absolute atomic E-state index is 0.101. The van der Waals surface area contributed by atoms with Gasteiger partial charge in [0.05, 0.1) is 19.0 Å². The summed E-state index contributed by atoms with van der Waals surface area (Å²) in [6, 6.07) is 10.2. The van der Waals surface area contributed by atoms with Crippen LogP contribution in [0.25, 0.3) is 10.9 Å². The van der Waals surface area contributed by atoms with E-state index in [1.165, 1.54) is 22.8 Å². The van der Waals surface area contributed by atoms with Gasteiger partial charge in [0.1, 0.15) is 0 Å². The Kier molecular flexibility index (Phi) is 4.63. The third kappa shape index (κ3) is 3.97. The molecule has 2 aromatic heterocycles. The fourth-order valence-electron chi connectivity index (χ4n) is 3.40. The fourth-order valence-corrected chi connectivity index (χ4v) is 3.40. The molecule has 6 nitrogen and oxygen atoms in total. The molecule has 1 unspecified atom stereocenters. The number of aromatic amines is 2. The van der Waals surface area contributed by atoms with Crippen LogP contribution in [0.2, 0.25) is 0 Å². The lowest BCUT2D eigenvalue weighted by atomic mass is 10.1. The maximum absolute atomic E-state index is 11.3. The van der Waals surface area contributed by atoms with Crippen molar-refractivity contribution in [1.82, 2.24) is 19.9 Å². The van der Waals surface area contributed by atoms with Gasteiger partial charge in [-0.05, 0) is 35.9 Å². The van der Waals surface area contributed by atoms with Gasteiger partial charge in [0.2, 0.25) is 0 Å². The predicted molar refractivity (Wildman–Crippen MR) is 96.5 cm³/mol. The maximum Gasteiger partial charge on any atom is 0.250 e. The number of hydrogen-bond donors (Lipinski definition) is 2. The second-order valence-electron chi connectivity index (χ2n) is 6.57. The lowest BCUT2D eigenvalue weighted by molar-refractivity contribution is -0.0346. The summed E-state index contributed by atoms with van der Waals surface area (Å²) >= 11 is 0. The van der Waals surface area contributed by atoms with E-state index in [4.69, 9.17) is 4.74 Å². The molecule has 3 aromatic rings. The maximum atomic E-state index is 11.3. The molecule has 0 amide bonds. The molecule has 1 aromatic carbocycles. The number of fused-ring (bicyclic) bond motifs is 1. The topological polar surface area (TPSA) is 74.0 Å². The van der Waals surface area contributed by atoms with Crippen molar-refractivity contribution in [2.75, 3.05) is 19.7 Å². The highest BCUT2D eigenvalue weighted by Crippen LogP contribution is 2.18. The molecule has 0 aliphatic carbocycles. The van der Waals surface area contributed by atoms with E-state index in [1.807, 2.05) is 6.20 Å². The number of ether oxygens (including phenoxy) is 1. The van der Waals surface area contributed by atoms with Crippen molar-refractivity contribution in [2.45, 2.75) is 25.5 Å². The Balaban J connectivity index is 1.34. The van der Waals surface area contributed by atoms with Crippen LogP contribution in [-0.2, 0) is 17.7 Å². The van der Waals surface area contributed by atoms with Crippen LogP contribution >= 0.6 is 0 Å². The number of rotatable bonds is 5. The smallest absolute Gasteiger partial charge is 0.250 e. The van der Waals surface area contributed by atoms with Crippen LogP contribution in [0.5, 0.6) is 0 Å². The molecule has 3 heterocycles. The first-order chi connectivity index (χ1) is 12.3. The summed E-state index contributed by atoms with van der Waals surface area (Å²) in [5.74, 6) is 0. The third-order valence-electron chi connectivity index (χ3n) is 4.71. The summed E-state index contributed by atoms with van der Waals surface area (Å²) in [6.45, 7) is 3.53. The van der Waals surface area contributed by atoms with Gasteiger partial charge >= 0.3 is 0 Å². The number of nitrogens with one attached hydrogen (secondary N) is 2. The first-order valence-electron chi connectivity index (χ1n) is 8.70. The van der Waals surface area contributed by atoms with Crippen molar-refractivity contribution in [3.05, 3.63) is 64.5 Å². The molecule has 0 spiro atoms. The molecule has 1 atom stereocenters. The highest BCUT2D eigenvalue weighted by Gasteiger charge is 2.20. The normalized spacial score (nSPS) is 18.6. The lowest BCUT2D eigenvalue weighted by Gasteiger charge is -2.33. The average molecular weight is 338 g/mol. The van der Waals surface area contributed by atoms with Crippen LogP contribution in [-0.4, -0.2) is 45.7 Å². The second kappa shape index (κ2) is 7.21. The van der Waals surface area contributed by atoms with E-state index in [-0.39, 0.29) is 11.7 Å². The van der Waals surface area contributed by atoms with Crippen molar-refractivity contribution in [3.8, 4) is 0 Å². The molecule has 1 saturated heterocycles. The van der Waals surface area contributed by atoms with E-state index in [2.05, 4.69) is 44.1 Å². The van der Waals surface area contributed by atoms with Gasteiger partial charge in [-0.1, -0.05) is 12.1 Å². The van der Waals surface area contributed by atoms with Gasteiger partial charge in [0, 0.05) is 43.1 Å². The molecule has 1 aliphatic heterocycles. The monoisotopic (exact) mass is 338 g/mol. The van der Waals surface area contributed by atoms with E-state index in [9.17, 15) is 4.79 Å². The number of H-pyrrole nitrogens is 2. The zero-order valence-electron chi connectivity index (χ0n) is 14.1. The molecule has 0 bridgehead atoms. The number of aryl methyl sites for hydroxylation is 1. The van der Waals surface area contributed by atoms with Crippen LogP contribution in [0.1, 0.15) is 17.7 Å². The van der Waals surface area contributed by atoms with Gasteiger partial charge in [-0.3, -0.25) is 9.69 Å². The number of nitrogens with zero attached hydrogens (tertiary/aromatic N) is 2. The lowest BCUT2D eigenvalue weighted by Crippen LogP contribution is -2.42. The molecule has 0 saturated carbocycles. The van der Waals surface area contributed by atoms with Crippen molar-refractivity contribution in [1.29, 1.82) is 0 Å². The van der Waals surface area contributed by atoms with E-state index in [0.717, 1.165) is 44.8 Å². The van der Waals surface area contributed by atoms with Crippen molar-refractivity contribution < 1.29 is 4.74 Å². The predicted octanol–water partition coefficient (Wildman–Crippen LogP) is 2.08. The van der Waals surface area contributed by atoms with E-state index < -0.39 is 0 Å². The summed E-state index contributed by atoms with van der Waals surface area (Å²) < 4.78 is 5.89. The molecule has 130 valence electrons. The highest BCUT2D eigenvalue weighted by molar-refractivity contribution is 5.79. The minimum Gasteiger partial charge on any atom is -0.376 e. The van der Waals surface area contributed by atoms with Crippen LogP contribution in [0.3, 0.4) is 0 Å². The van der Waals surface area contributed by atoms with Gasteiger partial charge in [-0.2, -0.15) is 0 Å². The van der Waals surface area contributed by atoms with Gasteiger partial charge < -0.3 is 14.7 Å². The summed E-state index contributed by atoms with van der Waals surface area (Å²) in [5.41, 5.74) is 3.21. The van der Waals surface area contributed by atoms with Crippen LogP contribution in [0.4, 0.5) is 0 Å². The Morgan fingerprint density at radius 2 is 2.20 bits per heavy atom. The summed E-state index contributed by atoms with van der Waals surface area (Å²) in [7, 11) is 0. The minimum atomic E-state index is -0.101. The van der Waals surface area contributed by atoms with E-state index in [0.29, 0.717) is 0 Å². The molecule has 1 fully saturated rings. The molecule has 1 aliphatic rings. The van der Waals surface area contributed by atoms with Crippen molar-refractivity contribution in [3.63, 3.8) is 0 Å². The second-order valence-corrected chi connectivity index (χ2v) is 6.57. The van der Waals surface area contributed by atoms with Gasteiger partial charge in [0.25, 0.3) is 5.56 Å². The van der Waals surface area contributed by atoms with Crippen molar-refractivity contribution >= 4 is 10.9 Å². The first-order valence-corrected chi connectivity index (χ1v) is 8.70.